The quantitative estimate of drug-likeness (QED) is 0.829. The molecule has 1 aromatic heterocycles. The largest absolute Gasteiger partial charge is 0.507 e. The summed E-state index contributed by atoms with van der Waals surface area (Å²) in [5, 5.41) is 13.4. The smallest absolute Gasteiger partial charge is 0.255 e. The van der Waals surface area contributed by atoms with Crippen LogP contribution in [0.2, 0.25) is 0 Å². The number of carbonyl (C=O) groups excluding carboxylic acids is 1. The molecule has 2 aliphatic rings. The van der Waals surface area contributed by atoms with Crippen molar-refractivity contribution in [3.8, 4) is 5.75 Å². The van der Waals surface area contributed by atoms with Gasteiger partial charge in [0.2, 0.25) is 0 Å². The summed E-state index contributed by atoms with van der Waals surface area (Å²) in [4.78, 5) is 15.1. The minimum absolute atomic E-state index is 0.0543. The van der Waals surface area contributed by atoms with Crippen molar-refractivity contribution in [1.82, 2.24) is 10.2 Å². The van der Waals surface area contributed by atoms with Crippen LogP contribution in [0.25, 0.3) is 0 Å². The third-order valence-corrected chi connectivity index (χ3v) is 5.74. The second kappa shape index (κ2) is 8.37. The van der Waals surface area contributed by atoms with E-state index in [1.165, 1.54) is 5.56 Å². The average Bonchev–Trinajstić information content (AvgIpc) is 3.14. The van der Waals surface area contributed by atoms with Gasteiger partial charge in [0.25, 0.3) is 5.91 Å². The Labute approximate surface area is 165 Å². The number of benzene rings is 1. The summed E-state index contributed by atoms with van der Waals surface area (Å²) in [5.41, 5.74) is 2.70. The van der Waals surface area contributed by atoms with Gasteiger partial charge in [0.1, 0.15) is 17.3 Å². The van der Waals surface area contributed by atoms with Crippen LogP contribution in [0.1, 0.15) is 51.9 Å². The number of hydrogen-bond acceptors (Lipinski definition) is 5. The number of ether oxygens (including phenoxy) is 1. The summed E-state index contributed by atoms with van der Waals surface area (Å²) in [7, 11) is 0. The van der Waals surface area contributed by atoms with E-state index in [2.05, 4.69) is 10.2 Å². The summed E-state index contributed by atoms with van der Waals surface area (Å²) >= 11 is 0. The maximum absolute atomic E-state index is 12.8. The van der Waals surface area contributed by atoms with Gasteiger partial charge in [0, 0.05) is 19.6 Å². The maximum atomic E-state index is 12.8. The molecule has 0 spiro atoms. The van der Waals surface area contributed by atoms with Crippen LogP contribution in [0.5, 0.6) is 5.75 Å². The van der Waals surface area contributed by atoms with Gasteiger partial charge < -0.3 is 19.6 Å². The number of furan rings is 1. The molecule has 6 nitrogen and oxygen atoms in total. The summed E-state index contributed by atoms with van der Waals surface area (Å²) in [6.07, 6.45) is 4.22. The van der Waals surface area contributed by atoms with Crippen molar-refractivity contribution in [2.45, 2.75) is 38.6 Å². The standard InChI is InChI=1S/C22H28N2O4/c1-15-6-7-21(28-15)19(24-8-10-27-11-9-24)14-23-22(26)18-12-16-4-2-3-5-17(16)13-20(18)25/h6-7,12-13,19,25H,2-5,8-11,14H2,1H3,(H,23,26). The highest BCUT2D eigenvalue weighted by molar-refractivity contribution is 5.97. The molecular weight excluding hydrogens is 356 g/mol. The van der Waals surface area contributed by atoms with E-state index in [9.17, 15) is 9.90 Å². The highest BCUT2D eigenvalue weighted by atomic mass is 16.5. The van der Waals surface area contributed by atoms with Crippen LogP contribution >= 0.6 is 0 Å². The van der Waals surface area contributed by atoms with Crippen molar-refractivity contribution in [2.75, 3.05) is 32.8 Å². The minimum atomic E-state index is -0.243. The fourth-order valence-corrected chi connectivity index (χ4v) is 4.17. The summed E-state index contributed by atoms with van der Waals surface area (Å²) in [6, 6.07) is 7.48. The van der Waals surface area contributed by atoms with Crippen molar-refractivity contribution < 1.29 is 19.1 Å². The van der Waals surface area contributed by atoms with E-state index in [4.69, 9.17) is 9.15 Å². The van der Waals surface area contributed by atoms with Gasteiger partial charge in [-0.25, -0.2) is 0 Å². The van der Waals surface area contributed by atoms with Crippen LogP contribution in [0.3, 0.4) is 0 Å². The molecule has 150 valence electrons. The average molecular weight is 384 g/mol. The summed E-state index contributed by atoms with van der Waals surface area (Å²) in [6.45, 7) is 5.28. The van der Waals surface area contributed by atoms with Gasteiger partial charge in [0.15, 0.2) is 0 Å². The van der Waals surface area contributed by atoms with E-state index in [0.29, 0.717) is 25.3 Å². The molecule has 28 heavy (non-hydrogen) atoms. The Morgan fingerprint density at radius 1 is 1.18 bits per heavy atom. The molecule has 0 saturated carbocycles. The molecule has 1 saturated heterocycles. The zero-order valence-corrected chi connectivity index (χ0v) is 16.4. The lowest BCUT2D eigenvalue weighted by molar-refractivity contribution is 0.0117. The monoisotopic (exact) mass is 384 g/mol. The molecule has 4 rings (SSSR count). The van der Waals surface area contributed by atoms with E-state index in [-0.39, 0.29) is 17.7 Å². The van der Waals surface area contributed by atoms with Crippen molar-refractivity contribution in [3.63, 3.8) is 0 Å². The van der Waals surface area contributed by atoms with Gasteiger partial charge in [-0.15, -0.1) is 0 Å². The number of nitrogens with one attached hydrogen (secondary N) is 1. The van der Waals surface area contributed by atoms with Gasteiger partial charge in [-0.1, -0.05) is 0 Å². The first-order valence-electron chi connectivity index (χ1n) is 10.1. The van der Waals surface area contributed by atoms with Crippen LogP contribution in [0.15, 0.2) is 28.7 Å². The normalized spacial score (nSPS) is 18.5. The zero-order valence-electron chi connectivity index (χ0n) is 16.4. The first kappa shape index (κ1) is 19.0. The van der Waals surface area contributed by atoms with Crippen LogP contribution in [-0.4, -0.2) is 48.8 Å². The highest BCUT2D eigenvalue weighted by Gasteiger charge is 2.26. The van der Waals surface area contributed by atoms with Gasteiger partial charge >= 0.3 is 0 Å². The molecule has 0 radical (unpaired) electrons. The Morgan fingerprint density at radius 2 is 1.89 bits per heavy atom. The van der Waals surface area contributed by atoms with Crippen molar-refractivity contribution in [3.05, 3.63) is 52.5 Å². The highest BCUT2D eigenvalue weighted by Crippen LogP contribution is 2.29. The maximum Gasteiger partial charge on any atom is 0.255 e. The van der Waals surface area contributed by atoms with Crippen molar-refractivity contribution in [1.29, 1.82) is 0 Å². The number of phenolic OH excluding ortho intramolecular Hbond substituents is 1. The number of aromatic hydroxyl groups is 1. The Kier molecular flexibility index (Phi) is 5.69. The van der Waals surface area contributed by atoms with Gasteiger partial charge in [-0.2, -0.15) is 0 Å². The number of phenols is 1. The first-order chi connectivity index (χ1) is 13.6. The number of aryl methyl sites for hydroxylation is 3. The predicted molar refractivity (Wildman–Crippen MR) is 106 cm³/mol. The van der Waals surface area contributed by atoms with Gasteiger partial charge in [-0.3, -0.25) is 9.69 Å². The van der Waals surface area contributed by atoms with E-state index in [0.717, 1.165) is 55.9 Å². The van der Waals surface area contributed by atoms with Crippen LogP contribution in [-0.2, 0) is 17.6 Å². The van der Waals surface area contributed by atoms with Crippen LogP contribution < -0.4 is 5.32 Å². The molecule has 1 unspecified atom stereocenters. The number of amides is 1. The Hall–Kier alpha value is -2.31. The van der Waals surface area contributed by atoms with Crippen molar-refractivity contribution in [2.24, 2.45) is 0 Å². The third-order valence-electron chi connectivity index (χ3n) is 5.74. The lowest BCUT2D eigenvalue weighted by atomic mass is 9.90. The molecule has 2 N–H and O–H groups in total. The lowest BCUT2D eigenvalue weighted by Gasteiger charge is -2.33. The molecule has 6 heteroatoms. The van der Waals surface area contributed by atoms with Gasteiger partial charge in [-0.05, 0) is 68.0 Å². The van der Waals surface area contributed by atoms with E-state index < -0.39 is 0 Å². The molecule has 1 fully saturated rings. The minimum Gasteiger partial charge on any atom is -0.507 e. The molecule has 0 bridgehead atoms. The Balaban J connectivity index is 1.49. The number of rotatable bonds is 5. The topological polar surface area (TPSA) is 74.9 Å². The van der Waals surface area contributed by atoms with Crippen molar-refractivity contribution >= 4 is 5.91 Å². The number of carbonyl (C=O) groups is 1. The second-order valence-electron chi connectivity index (χ2n) is 7.67. The number of fused-ring (bicyclic) bond motifs is 1. The molecule has 2 aromatic rings. The molecule has 1 aliphatic heterocycles. The Morgan fingerprint density at radius 3 is 2.57 bits per heavy atom. The van der Waals surface area contributed by atoms with E-state index in [1.54, 1.807) is 6.07 Å². The third kappa shape index (κ3) is 4.08. The first-order valence-corrected chi connectivity index (χ1v) is 10.1. The zero-order chi connectivity index (χ0) is 19.5. The number of morpholine rings is 1. The summed E-state index contributed by atoms with van der Waals surface area (Å²) < 4.78 is 11.3. The lowest BCUT2D eigenvalue weighted by Crippen LogP contribution is -2.43. The second-order valence-corrected chi connectivity index (χ2v) is 7.67. The Bertz CT molecular complexity index is 839. The summed E-state index contributed by atoms with van der Waals surface area (Å²) in [5.74, 6) is 1.52. The predicted octanol–water partition coefficient (Wildman–Crippen LogP) is 2.98. The fourth-order valence-electron chi connectivity index (χ4n) is 4.17. The molecular formula is C22H28N2O4. The number of hydrogen-bond donors (Lipinski definition) is 2. The molecule has 1 atom stereocenters. The molecule has 2 heterocycles. The van der Waals surface area contributed by atoms with Gasteiger partial charge in [0.05, 0.1) is 24.8 Å². The van der Waals surface area contributed by atoms with E-state index in [1.807, 2.05) is 25.1 Å². The molecule has 1 amide bonds. The fraction of sp³-hybridized carbons (Fsp3) is 0.500. The molecule has 1 aliphatic carbocycles. The SMILES string of the molecule is Cc1ccc(C(CNC(=O)c2cc3c(cc2O)CCCC3)N2CCOCC2)o1. The van der Waals surface area contributed by atoms with E-state index >= 15 is 0 Å². The van der Waals surface area contributed by atoms with Crippen LogP contribution in [0, 0.1) is 6.92 Å². The van der Waals surface area contributed by atoms with Crippen LogP contribution in [0.4, 0.5) is 0 Å². The number of nitrogens with zero attached hydrogens (tertiary/aromatic N) is 1. The molecule has 1 aromatic carbocycles.